The standard InChI is InChI=1S/C17H25N3O2/c1-20(12-18)17(22)15(11-13-7-3-2-4-8-13)19-16(21)14-9-5-6-10-14/h9,13,15H,2-8,10-11H2,1H3,(H,19,21)/t15-/m0/s1. The summed E-state index contributed by atoms with van der Waals surface area (Å²) in [4.78, 5) is 25.7. The van der Waals surface area contributed by atoms with Gasteiger partial charge < -0.3 is 5.32 Å². The summed E-state index contributed by atoms with van der Waals surface area (Å²) in [5, 5.41) is 11.8. The predicted molar refractivity (Wildman–Crippen MR) is 83.4 cm³/mol. The Hall–Kier alpha value is -1.83. The zero-order valence-electron chi connectivity index (χ0n) is 13.3. The van der Waals surface area contributed by atoms with E-state index in [4.69, 9.17) is 5.26 Å². The first kappa shape index (κ1) is 16.5. The lowest BCUT2D eigenvalue weighted by molar-refractivity contribution is -0.132. The molecule has 5 heteroatoms. The number of amides is 2. The molecule has 1 fully saturated rings. The highest BCUT2D eigenvalue weighted by Crippen LogP contribution is 2.28. The number of nitriles is 1. The number of hydrogen-bond donors (Lipinski definition) is 1. The number of nitrogens with one attached hydrogen (secondary N) is 1. The van der Waals surface area contributed by atoms with Gasteiger partial charge in [0.1, 0.15) is 6.04 Å². The minimum absolute atomic E-state index is 0.141. The molecule has 0 aromatic rings. The minimum Gasteiger partial charge on any atom is -0.340 e. The first-order valence-corrected chi connectivity index (χ1v) is 8.29. The zero-order chi connectivity index (χ0) is 15.9. The van der Waals surface area contributed by atoms with Gasteiger partial charge in [-0.2, -0.15) is 5.26 Å². The van der Waals surface area contributed by atoms with Crippen molar-refractivity contribution in [1.29, 1.82) is 5.26 Å². The largest absolute Gasteiger partial charge is 0.340 e. The average Bonchev–Trinajstić information content (AvgIpc) is 3.08. The molecule has 0 aromatic carbocycles. The van der Waals surface area contributed by atoms with E-state index < -0.39 is 6.04 Å². The van der Waals surface area contributed by atoms with Crippen LogP contribution in [0.25, 0.3) is 0 Å². The van der Waals surface area contributed by atoms with Crippen molar-refractivity contribution in [2.45, 2.75) is 63.8 Å². The number of hydrogen-bond acceptors (Lipinski definition) is 3. The van der Waals surface area contributed by atoms with E-state index in [0.29, 0.717) is 12.3 Å². The Labute approximate surface area is 132 Å². The van der Waals surface area contributed by atoms with Gasteiger partial charge in [-0.25, -0.2) is 0 Å². The van der Waals surface area contributed by atoms with E-state index >= 15 is 0 Å². The molecule has 0 saturated heterocycles. The molecule has 5 nitrogen and oxygen atoms in total. The van der Waals surface area contributed by atoms with E-state index in [-0.39, 0.29) is 11.8 Å². The number of likely N-dealkylation sites (N-methyl/N-ethyl adjacent to an activating group) is 1. The fraction of sp³-hybridized carbons (Fsp3) is 0.706. The van der Waals surface area contributed by atoms with Crippen molar-refractivity contribution >= 4 is 11.8 Å². The number of carbonyl (C=O) groups is 2. The Morgan fingerprint density at radius 3 is 2.68 bits per heavy atom. The maximum Gasteiger partial charge on any atom is 0.257 e. The number of rotatable bonds is 5. The molecular formula is C17H25N3O2. The third-order valence-corrected chi connectivity index (χ3v) is 4.71. The lowest BCUT2D eigenvalue weighted by Crippen LogP contribution is -2.47. The number of allylic oxidation sites excluding steroid dienone is 1. The Morgan fingerprint density at radius 1 is 1.36 bits per heavy atom. The van der Waals surface area contributed by atoms with E-state index in [2.05, 4.69) is 5.32 Å². The topological polar surface area (TPSA) is 73.2 Å². The highest BCUT2D eigenvalue weighted by Gasteiger charge is 2.29. The fourth-order valence-electron chi connectivity index (χ4n) is 3.39. The Balaban J connectivity index is 2.01. The molecule has 2 rings (SSSR count). The van der Waals surface area contributed by atoms with Crippen molar-refractivity contribution in [2.75, 3.05) is 7.05 Å². The normalized spacial score (nSPS) is 19.9. The summed E-state index contributed by atoms with van der Waals surface area (Å²) in [6.07, 6.45) is 13.0. The van der Waals surface area contributed by atoms with Gasteiger partial charge >= 0.3 is 0 Å². The summed E-state index contributed by atoms with van der Waals surface area (Å²) >= 11 is 0. The first-order valence-electron chi connectivity index (χ1n) is 8.29. The van der Waals surface area contributed by atoms with Crippen molar-refractivity contribution in [3.05, 3.63) is 11.6 Å². The summed E-state index contributed by atoms with van der Waals surface area (Å²) in [7, 11) is 1.46. The molecule has 2 amide bonds. The highest BCUT2D eigenvalue weighted by molar-refractivity contribution is 5.97. The Bertz CT molecular complexity index is 487. The van der Waals surface area contributed by atoms with Gasteiger partial charge in [-0.15, -0.1) is 0 Å². The van der Waals surface area contributed by atoms with E-state index in [9.17, 15) is 9.59 Å². The van der Waals surface area contributed by atoms with Crippen LogP contribution in [-0.4, -0.2) is 29.8 Å². The smallest absolute Gasteiger partial charge is 0.257 e. The van der Waals surface area contributed by atoms with Crippen LogP contribution in [-0.2, 0) is 9.59 Å². The highest BCUT2D eigenvalue weighted by atomic mass is 16.2. The van der Waals surface area contributed by atoms with Crippen molar-refractivity contribution in [3.63, 3.8) is 0 Å². The van der Waals surface area contributed by atoms with Crippen LogP contribution in [0.2, 0.25) is 0 Å². The van der Waals surface area contributed by atoms with Gasteiger partial charge in [-0.05, 0) is 31.6 Å². The SMILES string of the molecule is CN(C#N)C(=O)[C@H](CC1CCCCC1)NC(=O)C1=CCCC1. The molecule has 0 spiro atoms. The molecule has 0 unspecified atom stereocenters. The average molecular weight is 303 g/mol. The van der Waals surface area contributed by atoms with Crippen molar-refractivity contribution < 1.29 is 9.59 Å². The van der Waals surface area contributed by atoms with Crippen molar-refractivity contribution in [1.82, 2.24) is 10.2 Å². The molecule has 2 aliphatic rings. The molecule has 22 heavy (non-hydrogen) atoms. The summed E-state index contributed by atoms with van der Waals surface area (Å²) in [6, 6.07) is -0.582. The predicted octanol–water partition coefficient (Wildman–Crippen LogP) is 2.49. The monoisotopic (exact) mass is 303 g/mol. The lowest BCUT2D eigenvalue weighted by atomic mass is 9.84. The Kier molecular flexibility index (Phi) is 6.00. The minimum atomic E-state index is -0.582. The van der Waals surface area contributed by atoms with Crippen LogP contribution in [0.5, 0.6) is 0 Å². The second kappa shape index (κ2) is 7.98. The molecule has 1 N–H and O–H groups in total. The molecule has 1 atom stereocenters. The molecule has 120 valence electrons. The van der Waals surface area contributed by atoms with E-state index in [1.54, 1.807) is 0 Å². The van der Waals surface area contributed by atoms with Crippen LogP contribution in [0.3, 0.4) is 0 Å². The van der Waals surface area contributed by atoms with Crippen LogP contribution in [0.1, 0.15) is 57.8 Å². The van der Waals surface area contributed by atoms with Gasteiger partial charge in [-0.1, -0.05) is 38.2 Å². The molecule has 1 saturated carbocycles. The van der Waals surface area contributed by atoms with E-state index in [1.165, 1.54) is 26.3 Å². The molecule has 0 heterocycles. The van der Waals surface area contributed by atoms with Crippen LogP contribution >= 0.6 is 0 Å². The van der Waals surface area contributed by atoms with Gasteiger partial charge in [0.25, 0.3) is 5.91 Å². The third kappa shape index (κ3) is 4.33. The maximum atomic E-state index is 12.4. The van der Waals surface area contributed by atoms with Gasteiger partial charge in [0, 0.05) is 12.6 Å². The van der Waals surface area contributed by atoms with Crippen molar-refractivity contribution in [2.24, 2.45) is 5.92 Å². The quantitative estimate of drug-likeness (QED) is 0.626. The number of nitrogens with zero attached hydrogens (tertiary/aromatic N) is 2. The van der Waals surface area contributed by atoms with Crippen LogP contribution in [0, 0.1) is 17.4 Å². The molecular weight excluding hydrogens is 278 g/mol. The fourth-order valence-corrected chi connectivity index (χ4v) is 3.39. The molecule has 0 radical (unpaired) electrons. The summed E-state index contributed by atoms with van der Waals surface area (Å²) in [5.74, 6) is 0.0191. The van der Waals surface area contributed by atoms with Gasteiger partial charge in [0.15, 0.2) is 6.19 Å². The van der Waals surface area contributed by atoms with Gasteiger partial charge in [-0.3, -0.25) is 14.5 Å². The maximum absolute atomic E-state index is 12.4. The van der Waals surface area contributed by atoms with Crippen LogP contribution in [0.4, 0.5) is 0 Å². The van der Waals surface area contributed by atoms with Crippen molar-refractivity contribution in [3.8, 4) is 6.19 Å². The molecule has 0 bridgehead atoms. The molecule has 2 aliphatic carbocycles. The summed E-state index contributed by atoms with van der Waals surface area (Å²) in [5.41, 5.74) is 0.779. The van der Waals surface area contributed by atoms with E-state index in [1.807, 2.05) is 12.3 Å². The zero-order valence-corrected chi connectivity index (χ0v) is 13.3. The molecule has 0 aromatic heterocycles. The summed E-state index contributed by atoms with van der Waals surface area (Å²) < 4.78 is 0. The first-order chi connectivity index (χ1) is 10.6. The van der Waals surface area contributed by atoms with Gasteiger partial charge in [0.05, 0.1) is 0 Å². The molecule has 0 aliphatic heterocycles. The second-order valence-electron chi connectivity index (χ2n) is 6.38. The Morgan fingerprint density at radius 2 is 2.09 bits per heavy atom. The van der Waals surface area contributed by atoms with Crippen LogP contribution in [0.15, 0.2) is 11.6 Å². The number of carbonyl (C=O) groups excluding carboxylic acids is 2. The lowest BCUT2D eigenvalue weighted by Gasteiger charge is -2.27. The van der Waals surface area contributed by atoms with Crippen LogP contribution < -0.4 is 5.32 Å². The summed E-state index contributed by atoms with van der Waals surface area (Å²) in [6.45, 7) is 0. The van der Waals surface area contributed by atoms with Gasteiger partial charge in [0.2, 0.25) is 5.91 Å². The third-order valence-electron chi connectivity index (χ3n) is 4.71. The van der Waals surface area contributed by atoms with E-state index in [0.717, 1.165) is 42.6 Å². The second-order valence-corrected chi connectivity index (χ2v) is 6.38.